The minimum atomic E-state index is 0.599. The van der Waals surface area contributed by atoms with Gasteiger partial charge in [-0.1, -0.05) is 29.3 Å². The molecule has 0 aliphatic heterocycles. The molecular formula is C13H15ClN4S. The third-order valence-electron chi connectivity index (χ3n) is 2.54. The van der Waals surface area contributed by atoms with E-state index in [-0.39, 0.29) is 0 Å². The van der Waals surface area contributed by atoms with Crippen LogP contribution in [0.3, 0.4) is 0 Å². The van der Waals surface area contributed by atoms with Gasteiger partial charge in [0.25, 0.3) is 0 Å². The second-order valence-electron chi connectivity index (χ2n) is 4.17. The van der Waals surface area contributed by atoms with Gasteiger partial charge in [-0.25, -0.2) is 0 Å². The maximum Gasteiger partial charge on any atom is 0.170 e. The zero-order valence-electron chi connectivity index (χ0n) is 10.6. The molecule has 19 heavy (non-hydrogen) atoms. The van der Waals surface area contributed by atoms with Gasteiger partial charge in [-0.05, 0) is 31.3 Å². The Morgan fingerprint density at radius 3 is 2.74 bits per heavy atom. The number of nitrogens with zero attached hydrogens (tertiary/aromatic N) is 2. The molecule has 4 nitrogen and oxygen atoms in total. The van der Waals surface area contributed by atoms with E-state index in [1.54, 1.807) is 17.1 Å². The quantitative estimate of drug-likeness (QED) is 0.851. The van der Waals surface area contributed by atoms with Crippen LogP contribution in [0.15, 0.2) is 36.7 Å². The Kier molecular flexibility index (Phi) is 4.76. The number of hydrogen-bond acceptors (Lipinski definition) is 2. The second kappa shape index (κ2) is 6.54. The Hall–Kier alpha value is -1.59. The second-order valence-corrected chi connectivity index (χ2v) is 5.01. The van der Waals surface area contributed by atoms with Crippen LogP contribution in [0.25, 0.3) is 0 Å². The molecule has 0 unspecified atom stereocenters. The molecule has 2 N–H and O–H groups in total. The van der Waals surface area contributed by atoms with E-state index in [9.17, 15) is 0 Å². The fourth-order valence-corrected chi connectivity index (χ4v) is 1.93. The Labute approximate surface area is 122 Å². The standard InChI is InChI=1S/C13H15ClN4S/c1-10-2-4-12(5-3-10)17-13(19)15-6-7-18-9-11(14)8-16-18/h2-5,8-9H,6-7H2,1H3,(H2,15,17,19). The Bertz CT molecular complexity index is 550. The highest BCUT2D eigenvalue weighted by molar-refractivity contribution is 7.80. The number of benzene rings is 1. The highest BCUT2D eigenvalue weighted by Crippen LogP contribution is 2.08. The largest absolute Gasteiger partial charge is 0.361 e. The monoisotopic (exact) mass is 294 g/mol. The van der Waals surface area contributed by atoms with Crippen molar-refractivity contribution in [2.75, 3.05) is 11.9 Å². The van der Waals surface area contributed by atoms with Crippen LogP contribution in [-0.2, 0) is 6.54 Å². The average molecular weight is 295 g/mol. The highest BCUT2D eigenvalue weighted by Gasteiger charge is 1.98. The normalized spacial score (nSPS) is 10.2. The average Bonchev–Trinajstić information content (AvgIpc) is 2.78. The maximum absolute atomic E-state index is 5.78. The molecule has 0 saturated heterocycles. The minimum absolute atomic E-state index is 0.599. The number of halogens is 1. The van der Waals surface area contributed by atoms with E-state index in [2.05, 4.69) is 22.7 Å². The smallest absolute Gasteiger partial charge is 0.170 e. The van der Waals surface area contributed by atoms with Gasteiger partial charge >= 0.3 is 0 Å². The molecule has 0 saturated carbocycles. The fraction of sp³-hybridized carbons (Fsp3) is 0.231. The molecule has 1 aromatic heterocycles. The molecule has 100 valence electrons. The van der Waals surface area contributed by atoms with E-state index < -0.39 is 0 Å². The minimum Gasteiger partial charge on any atom is -0.361 e. The van der Waals surface area contributed by atoms with Crippen molar-refractivity contribution in [2.24, 2.45) is 0 Å². The molecule has 0 amide bonds. The van der Waals surface area contributed by atoms with Crippen molar-refractivity contribution in [2.45, 2.75) is 13.5 Å². The number of thiocarbonyl (C=S) groups is 1. The third kappa shape index (κ3) is 4.54. The number of rotatable bonds is 4. The molecule has 0 spiro atoms. The first kappa shape index (κ1) is 13.8. The van der Waals surface area contributed by atoms with Crippen LogP contribution in [-0.4, -0.2) is 21.4 Å². The SMILES string of the molecule is Cc1ccc(NC(=S)NCCn2cc(Cl)cn2)cc1. The van der Waals surface area contributed by atoms with Crippen LogP contribution in [0.5, 0.6) is 0 Å². The van der Waals surface area contributed by atoms with Gasteiger partial charge in [-0.3, -0.25) is 4.68 Å². The van der Waals surface area contributed by atoms with Gasteiger partial charge in [0.1, 0.15) is 0 Å². The summed E-state index contributed by atoms with van der Waals surface area (Å²) < 4.78 is 1.77. The van der Waals surface area contributed by atoms with Crippen molar-refractivity contribution in [3.63, 3.8) is 0 Å². The van der Waals surface area contributed by atoms with Gasteiger partial charge in [-0.2, -0.15) is 5.10 Å². The molecule has 0 fully saturated rings. The summed E-state index contributed by atoms with van der Waals surface area (Å²) >= 11 is 11.0. The molecule has 0 aliphatic rings. The molecule has 2 rings (SSSR count). The molecular weight excluding hydrogens is 280 g/mol. The number of anilines is 1. The molecule has 1 heterocycles. The first-order chi connectivity index (χ1) is 9.13. The Morgan fingerprint density at radius 1 is 1.37 bits per heavy atom. The lowest BCUT2D eigenvalue weighted by Crippen LogP contribution is -2.31. The van der Waals surface area contributed by atoms with E-state index in [1.807, 2.05) is 24.3 Å². The third-order valence-corrected chi connectivity index (χ3v) is 2.98. The summed E-state index contributed by atoms with van der Waals surface area (Å²) in [4.78, 5) is 0. The van der Waals surface area contributed by atoms with E-state index in [0.717, 1.165) is 5.69 Å². The number of nitrogens with one attached hydrogen (secondary N) is 2. The molecule has 0 radical (unpaired) electrons. The molecule has 0 aliphatic carbocycles. The summed E-state index contributed by atoms with van der Waals surface area (Å²) in [5.41, 5.74) is 2.20. The van der Waals surface area contributed by atoms with Crippen molar-refractivity contribution in [3.8, 4) is 0 Å². The summed E-state index contributed by atoms with van der Waals surface area (Å²) in [7, 11) is 0. The van der Waals surface area contributed by atoms with E-state index in [1.165, 1.54) is 5.56 Å². The highest BCUT2D eigenvalue weighted by atomic mass is 35.5. The van der Waals surface area contributed by atoms with E-state index >= 15 is 0 Å². The molecule has 0 atom stereocenters. The predicted octanol–water partition coefficient (Wildman–Crippen LogP) is 2.83. The molecule has 2 aromatic rings. The van der Waals surface area contributed by atoms with E-state index in [0.29, 0.717) is 23.2 Å². The first-order valence-corrected chi connectivity index (χ1v) is 6.71. The summed E-state index contributed by atoms with van der Waals surface area (Å²) in [5.74, 6) is 0. The van der Waals surface area contributed by atoms with Crippen molar-refractivity contribution < 1.29 is 0 Å². The fourth-order valence-electron chi connectivity index (χ4n) is 1.56. The summed E-state index contributed by atoms with van der Waals surface area (Å²) in [6.07, 6.45) is 3.39. The van der Waals surface area contributed by atoms with Crippen LogP contribution in [0.4, 0.5) is 5.69 Å². The topological polar surface area (TPSA) is 41.9 Å². The van der Waals surface area contributed by atoms with Crippen LogP contribution < -0.4 is 10.6 Å². The number of hydrogen-bond donors (Lipinski definition) is 2. The molecule has 6 heteroatoms. The Balaban J connectivity index is 1.74. The van der Waals surface area contributed by atoms with Gasteiger partial charge < -0.3 is 10.6 Å². The van der Waals surface area contributed by atoms with E-state index in [4.69, 9.17) is 23.8 Å². The number of aryl methyl sites for hydroxylation is 1. The Morgan fingerprint density at radius 2 is 2.11 bits per heavy atom. The van der Waals surface area contributed by atoms with Gasteiger partial charge in [-0.15, -0.1) is 0 Å². The van der Waals surface area contributed by atoms with Crippen LogP contribution in [0.1, 0.15) is 5.56 Å². The lowest BCUT2D eigenvalue weighted by Gasteiger charge is -2.10. The summed E-state index contributed by atoms with van der Waals surface area (Å²) in [6.45, 7) is 3.45. The maximum atomic E-state index is 5.78. The summed E-state index contributed by atoms with van der Waals surface area (Å²) in [5, 5.41) is 11.6. The molecule has 1 aromatic carbocycles. The zero-order chi connectivity index (χ0) is 13.7. The van der Waals surface area contributed by atoms with Crippen LogP contribution in [0.2, 0.25) is 5.02 Å². The van der Waals surface area contributed by atoms with Crippen molar-refractivity contribution in [3.05, 3.63) is 47.2 Å². The van der Waals surface area contributed by atoms with Crippen molar-refractivity contribution >= 4 is 34.6 Å². The van der Waals surface area contributed by atoms with Crippen LogP contribution in [0, 0.1) is 6.92 Å². The summed E-state index contributed by atoms with van der Waals surface area (Å²) in [6, 6.07) is 8.07. The van der Waals surface area contributed by atoms with Gasteiger partial charge in [0.15, 0.2) is 5.11 Å². The van der Waals surface area contributed by atoms with Gasteiger partial charge in [0.2, 0.25) is 0 Å². The lowest BCUT2D eigenvalue weighted by molar-refractivity contribution is 0.604. The van der Waals surface area contributed by atoms with Crippen LogP contribution >= 0.6 is 23.8 Å². The zero-order valence-corrected chi connectivity index (χ0v) is 12.1. The van der Waals surface area contributed by atoms with Crippen molar-refractivity contribution in [1.29, 1.82) is 0 Å². The lowest BCUT2D eigenvalue weighted by atomic mass is 10.2. The predicted molar refractivity (Wildman–Crippen MR) is 82.6 cm³/mol. The molecule has 0 bridgehead atoms. The number of aromatic nitrogens is 2. The van der Waals surface area contributed by atoms with Crippen molar-refractivity contribution in [1.82, 2.24) is 15.1 Å². The van der Waals surface area contributed by atoms with Gasteiger partial charge in [0.05, 0.1) is 17.8 Å². The van der Waals surface area contributed by atoms with Gasteiger partial charge in [0, 0.05) is 18.4 Å². The first-order valence-electron chi connectivity index (χ1n) is 5.93.